The van der Waals surface area contributed by atoms with E-state index in [0.717, 1.165) is 6.07 Å². The molecule has 2 N–H and O–H groups in total. The molecular weight excluding hydrogens is 277 g/mol. The van der Waals surface area contributed by atoms with Crippen molar-refractivity contribution in [1.29, 1.82) is 0 Å². The summed E-state index contributed by atoms with van der Waals surface area (Å²) in [6, 6.07) is 1.46. The number of halogens is 3. The molecule has 106 valence electrons. The van der Waals surface area contributed by atoms with Crippen LogP contribution in [0.5, 0.6) is 0 Å². The van der Waals surface area contributed by atoms with E-state index in [-0.39, 0.29) is 0 Å². The van der Waals surface area contributed by atoms with Crippen LogP contribution in [0.3, 0.4) is 0 Å². The van der Waals surface area contributed by atoms with Crippen LogP contribution in [0.2, 0.25) is 0 Å². The molecule has 2 atom stereocenters. The van der Waals surface area contributed by atoms with Gasteiger partial charge in [0.2, 0.25) is 17.7 Å². The predicted molar refractivity (Wildman–Crippen MR) is 60.7 cm³/mol. The molecule has 0 saturated carbocycles. The minimum Gasteiger partial charge on any atom is -0.323 e. The van der Waals surface area contributed by atoms with Crippen molar-refractivity contribution in [3.63, 3.8) is 0 Å². The second-order valence-corrected chi connectivity index (χ2v) is 4.33. The van der Waals surface area contributed by atoms with Crippen LogP contribution in [0.25, 0.3) is 0 Å². The third kappa shape index (κ3) is 2.24. The van der Waals surface area contributed by atoms with E-state index in [1.807, 2.05) is 10.6 Å². The summed E-state index contributed by atoms with van der Waals surface area (Å²) in [4.78, 5) is 34.5. The maximum absolute atomic E-state index is 13.4. The molecule has 8 heteroatoms. The molecule has 3 amide bonds. The highest BCUT2D eigenvalue weighted by Crippen LogP contribution is 2.23. The molecule has 1 aromatic carbocycles. The standard InChI is InChI=1S/C12H9F3N2O3/c1-4-7(12(20)17-10(4)18)11(19)16-6-3-2-5(13)8(14)9(6)15/h2-4,7H,1H3,(H,16,19)(H,17,18,20). The summed E-state index contributed by atoms with van der Waals surface area (Å²) in [7, 11) is 0. The Morgan fingerprint density at radius 3 is 2.35 bits per heavy atom. The number of benzene rings is 1. The van der Waals surface area contributed by atoms with Gasteiger partial charge in [0.25, 0.3) is 0 Å². The Bertz CT molecular complexity index is 618. The molecule has 1 saturated heterocycles. The highest BCUT2D eigenvalue weighted by atomic mass is 19.2. The summed E-state index contributed by atoms with van der Waals surface area (Å²) in [5.74, 6) is -9.37. The zero-order valence-corrected chi connectivity index (χ0v) is 10.2. The van der Waals surface area contributed by atoms with Gasteiger partial charge in [-0.25, -0.2) is 13.2 Å². The zero-order chi connectivity index (χ0) is 15.0. The lowest BCUT2D eigenvalue weighted by Crippen LogP contribution is -2.32. The van der Waals surface area contributed by atoms with E-state index in [0.29, 0.717) is 6.07 Å². The van der Waals surface area contributed by atoms with Crippen LogP contribution in [-0.4, -0.2) is 17.7 Å². The van der Waals surface area contributed by atoms with Gasteiger partial charge in [-0.05, 0) is 12.1 Å². The molecule has 0 bridgehead atoms. The fourth-order valence-corrected chi connectivity index (χ4v) is 1.87. The van der Waals surface area contributed by atoms with Crippen LogP contribution in [0.4, 0.5) is 18.9 Å². The van der Waals surface area contributed by atoms with Crippen LogP contribution in [0.15, 0.2) is 12.1 Å². The first-order valence-electron chi connectivity index (χ1n) is 5.62. The summed E-state index contributed by atoms with van der Waals surface area (Å²) >= 11 is 0. The average Bonchev–Trinajstić information content (AvgIpc) is 2.64. The molecule has 2 unspecified atom stereocenters. The van der Waals surface area contributed by atoms with Crippen molar-refractivity contribution in [2.75, 3.05) is 5.32 Å². The molecule has 0 radical (unpaired) electrons. The van der Waals surface area contributed by atoms with Gasteiger partial charge in [-0.3, -0.25) is 19.7 Å². The molecule has 1 aliphatic heterocycles. The first kappa shape index (κ1) is 14.0. The number of hydrogen-bond acceptors (Lipinski definition) is 3. The maximum atomic E-state index is 13.4. The van der Waals surface area contributed by atoms with Crippen LogP contribution in [0.1, 0.15) is 6.92 Å². The van der Waals surface area contributed by atoms with Gasteiger partial charge >= 0.3 is 0 Å². The van der Waals surface area contributed by atoms with Gasteiger partial charge < -0.3 is 5.32 Å². The largest absolute Gasteiger partial charge is 0.323 e. The van der Waals surface area contributed by atoms with Crippen molar-refractivity contribution in [2.45, 2.75) is 6.92 Å². The van der Waals surface area contributed by atoms with Crippen LogP contribution in [-0.2, 0) is 14.4 Å². The molecule has 0 spiro atoms. The number of imide groups is 1. The maximum Gasteiger partial charge on any atom is 0.239 e. The number of carbonyl (C=O) groups excluding carboxylic acids is 3. The van der Waals surface area contributed by atoms with Gasteiger partial charge in [-0.2, -0.15) is 0 Å². The van der Waals surface area contributed by atoms with Gasteiger partial charge in [0, 0.05) is 0 Å². The number of anilines is 1. The molecule has 1 aromatic rings. The fraction of sp³-hybridized carbons (Fsp3) is 0.250. The first-order chi connectivity index (χ1) is 9.32. The van der Waals surface area contributed by atoms with E-state index in [1.54, 1.807) is 0 Å². The van der Waals surface area contributed by atoms with E-state index >= 15 is 0 Å². The van der Waals surface area contributed by atoms with Crippen molar-refractivity contribution in [1.82, 2.24) is 5.32 Å². The third-order valence-corrected chi connectivity index (χ3v) is 3.02. The molecule has 1 fully saturated rings. The van der Waals surface area contributed by atoms with E-state index in [9.17, 15) is 27.6 Å². The topological polar surface area (TPSA) is 75.3 Å². The normalized spacial score (nSPS) is 21.8. The SMILES string of the molecule is CC1C(=O)NC(=O)C1C(=O)Nc1ccc(F)c(F)c1F. The van der Waals surface area contributed by atoms with Crippen molar-refractivity contribution >= 4 is 23.4 Å². The predicted octanol–water partition coefficient (Wildman–Crippen LogP) is 0.951. The highest BCUT2D eigenvalue weighted by Gasteiger charge is 2.43. The monoisotopic (exact) mass is 286 g/mol. The lowest BCUT2D eigenvalue weighted by atomic mass is 9.96. The molecule has 0 aliphatic carbocycles. The summed E-state index contributed by atoms with van der Waals surface area (Å²) in [6.45, 7) is 1.35. The highest BCUT2D eigenvalue weighted by molar-refractivity contribution is 6.17. The van der Waals surface area contributed by atoms with Crippen LogP contribution >= 0.6 is 0 Å². The Hall–Kier alpha value is -2.38. The Labute approximate surface area is 111 Å². The second kappa shape index (κ2) is 4.95. The quantitative estimate of drug-likeness (QED) is 0.483. The first-order valence-corrected chi connectivity index (χ1v) is 5.62. The summed E-state index contributed by atoms with van der Waals surface area (Å²) < 4.78 is 39.1. The van der Waals surface area contributed by atoms with E-state index < -0.39 is 52.7 Å². The number of rotatable bonds is 2. The fourth-order valence-electron chi connectivity index (χ4n) is 1.87. The van der Waals surface area contributed by atoms with E-state index in [4.69, 9.17) is 0 Å². The number of nitrogens with one attached hydrogen (secondary N) is 2. The zero-order valence-electron chi connectivity index (χ0n) is 10.2. The molecule has 1 aliphatic rings. The molecular formula is C12H9F3N2O3. The number of amides is 3. The summed E-state index contributed by atoms with van der Waals surface area (Å²) in [5.41, 5.74) is -0.603. The van der Waals surface area contributed by atoms with Gasteiger partial charge in [0.05, 0.1) is 11.6 Å². The van der Waals surface area contributed by atoms with E-state index in [1.165, 1.54) is 6.92 Å². The number of hydrogen-bond donors (Lipinski definition) is 2. The molecule has 2 rings (SSSR count). The smallest absolute Gasteiger partial charge is 0.239 e. The van der Waals surface area contributed by atoms with Gasteiger partial charge in [0.15, 0.2) is 17.5 Å². The minimum absolute atomic E-state index is 0.603. The van der Waals surface area contributed by atoms with Crippen LogP contribution < -0.4 is 10.6 Å². The summed E-state index contributed by atoms with van der Waals surface area (Å²) in [5, 5.41) is 3.92. The minimum atomic E-state index is -1.73. The third-order valence-electron chi connectivity index (χ3n) is 3.02. The van der Waals surface area contributed by atoms with Crippen molar-refractivity contribution in [2.24, 2.45) is 11.8 Å². The van der Waals surface area contributed by atoms with Crippen molar-refractivity contribution in [3.8, 4) is 0 Å². The number of carbonyl (C=O) groups is 3. The van der Waals surface area contributed by atoms with Gasteiger partial charge in [-0.1, -0.05) is 6.92 Å². The van der Waals surface area contributed by atoms with Crippen LogP contribution in [0, 0.1) is 29.3 Å². The van der Waals surface area contributed by atoms with E-state index in [2.05, 4.69) is 0 Å². The average molecular weight is 286 g/mol. The van der Waals surface area contributed by atoms with Crippen molar-refractivity contribution in [3.05, 3.63) is 29.6 Å². The summed E-state index contributed by atoms with van der Waals surface area (Å²) in [6.07, 6.45) is 0. The lowest BCUT2D eigenvalue weighted by Gasteiger charge is -2.12. The lowest BCUT2D eigenvalue weighted by molar-refractivity contribution is -0.131. The molecule has 0 aromatic heterocycles. The molecule has 1 heterocycles. The molecule has 5 nitrogen and oxygen atoms in total. The van der Waals surface area contributed by atoms with Gasteiger partial charge in [-0.15, -0.1) is 0 Å². The second-order valence-electron chi connectivity index (χ2n) is 4.33. The Morgan fingerprint density at radius 2 is 1.80 bits per heavy atom. The van der Waals surface area contributed by atoms with Gasteiger partial charge in [0.1, 0.15) is 5.92 Å². The molecule has 20 heavy (non-hydrogen) atoms. The Balaban J connectivity index is 2.23. The Morgan fingerprint density at radius 1 is 1.15 bits per heavy atom. The van der Waals surface area contributed by atoms with Crippen molar-refractivity contribution < 1.29 is 27.6 Å². The Kier molecular flexibility index (Phi) is 3.47.